The van der Waals surface area contributed by atoms with Crippen LogP contribution in [0.4, 0.5) is 4.79 Å². The van der Waals surface area contributed by atoms with Crippen molar-refractivity contribution in [2.75, 3.05) is 34.2 Å². The molecule has 1 aliphatic rings. The van der Waals surface area contributed by atoms with Crippen LogP contribution in [-0.2, 0) is 13.0 Å². The van der Waals surface area contributed by atoms with Gasteiger partial charge in [0.25, 0.3) is 0 Å². The maximum atomic E-state index is 12.5. The number of fused-ring (bicyclic) bond motifs is 2. The highest BCUT2D eigenvalue weighted by Crippen LogP contribution is 2.40. The Balaban J connectivity index is 1.52. The third-order valence-electron chi connectivity index (χ3n) is 6.36. The van der Waals surface area contributed by atoms with Gasteiger partial charge in [0.1, 0.15) is 11.4 Å². The molecule has 0 N–H and O–H groups in total. The fourth-order valence-electron chi connectivity index (χ4n) is 4.50. The van der Waals surface area contributed by atoms with Crippen molar-refractivity contribution in [1.82, 2.24) is 29.5 Å². The standard InChI is InChI=1S/C27H30N6O2/c1-18-7-5-8-22(29-18)26-25(24-9-6-14-33(24)30-26)21-12-13-28-23-17-19(10-11-20(21)23)35-27(34)32(4)16-15-31(2)3/h5,7-8,10-13,17H,6,9,14-16H2,1-4H3. The van der Waals surface area contributed by atoms with Gasteiger partial charge in [0, 0.05) is 61.3 Å². The van der Waals surface area contributed by atoms with Crippen LogP contribution in [-0.4, -0.2) is 69.9 Å². The number of carbonyl (C=O) groups is 1. The number of carbonyl (C=O) groups excluding carboxylic acids is 1. The van der Waals surface area contributed by atoms with Gasteiger partial charge in [0.2, 0.25) is 0 Å². The van der Waals surface area contributed by atoms with Crippen molar-refractivity contribution in [3.63, 3.8) is 0 Å². The van der Waals surface area contributed by atoms with Crippen LogP contribution in [0.1, 0.15) is 17.8 Å². The van der Waals surface area contributed by atoms with E-state index in [1.807, 2.05) is 68.4 Å². The number of aromatic nitrogens is 4. The van der Waals surface area contributed by atoms with Gasteiger partial charge in [-0.25, -0.2) is 4.79 Å². The Bertz CT molecular complexity index is 1390. The van der Waals surface area contributed by atoms with E-state index in [-0.39, 0.29) is 6.09 Å². The quantitative estimate of drug-likeness (QED) is 0.416. The number of ether oxygens (including phenoxy) is 1. The van der Waals surface area contributed by atoms with Crippen molar-refractivity contribution in [3.8, 4) is 28.3 Å². The average Bonchev–Trinajstić information content (AvgIpc) is 3.43. The largest absolute Gasteiger partial charge is 0.415 e. The van der Waals surface area contributed by atoms with Gasteiger partial charge in [-0.2, -0.15) is 5.10 Å². The van der Waals surface area contributed by atoms with E-state index in [9.17, 15) is 4.79 Å². The summed E-state index contributed by atoms with van der Waals surface area (Å²) in [5.74, 6) is 0.477. The lowest BCUT2D eigenvalue weighted by Crippen LogP contribution is -2.35. The molecular weight excluding hydrogens is 440 g/mol. The van der Waals surface area contributed by atoms with Gasteiger partial charge in [-0.3, -0.25) is 14.6 Å². The van der Waals surface area contributed by atoms with Crippen molar-refractivity contribution < 1.29 is 9.53 Å². The molecule has 4 aromatic rings. The van der Waals surface area contributed by atoms with Gasteiger partial charge in [-0.1, -0.05) is 6.07 Å². The van der Waals surface area contributed by atoms with Crippen molar-refractivity contribution >= 4 is 17.0 Å². The minimum Gasteiger partial charge on any atom is -0.410 e. The number of hydrogen-bond acceptors (Lipinski definition) is 6. The van der Waals surface area contributed by atoms with E-state index in [4.69, 9.17) is 14.8 Å². The summed E-state index contributed by atoms with van der Waals surface area (Å²) in [6, 6.07) is 13.7. The van der Waals surface area contributed by atoms with Gasteiger partial charge in [-0.05, 0) is 69.8 Å². The fourth-order valence-corrected chi connectivity index (χ4v) is 4.50. The molecule has 8 heteroatoms. The van der Waals surface area contributed by atoms with E-state index in [2.05, 4.69) is 9.67 Å². The maximum absolute atomic E-state index is 12.5. The molecule has 5 rings (SSSR count). The molecule has 0 spiro atoms. The topological polar surface area (TPSA) is 76.4 Å². The van der Waals surface area contributed by atoms with Crippen LogP contribution < -0.4 is 4.74 Å². The maximum Gasteiger partial charge on any atom is 0.415 e. The molecule has 3 aromatic heterocycles. The summed E-state index contributed by atoms with van der Waals surface area (Å²) in [4.78, 5) is 25.5. The monoisotopic (exact) mass is 470 g/mol. The number of hydrogen-bond donors (Lipinski definition) is 0. The molecule has 0 fully saturated rings. The number of pyridine rings is 2. The number of aryl methyl sites for hydroxylation is 2. The first kappa shape index (κ1) is 23.0. The molecule has 0 aliphatic carbocycles. The predicted octanol–water partition coefficient (Wildman–Crippen LogP) is 4.41. The number of likely N-dealkylation sites (N-methyl/N-ethyl adjacent to an activating group) is 2. The lowest BCUT2D eigenvalue weighted by atomic mass is 9.96. The molecule has 0 unspecified atom stereocenters. The molecule has 1 aromatic carbocycles. The zero-order valence-corrected chi connectivity index (χ0v) is 20.7. The summed E-state index contributed by atoms with van der Waals surface area (Å²) in [5, 5.41) is 5.94. The van der Waals surface area contributed by atoms with Gasteiger partial charge in [0.05, 0.1) is 11.2 Å². The van der Waals surface area contributed by atoms with E-state index in [1.165, 1.54) is 5.69 Å². The normalized spacial score (nSPS) is 12.8. The molecule has 4 heterocycles. The van der Waals surface area contributed by atoms with Crippen molar-refractivity contribution in [3.05, 3.63) is 60.0 Å². The number of benzene rings is 1. The van der Waals surface area contributed by atoms with Crippen LogP contribution in [0.2, 0.25) is 0 Å². The highest BCUT2D eigenvalue weighted by molar-refractivity contribution is 5.99. The Kier molecular flexibility index (Phi) is 6.21. The first-order chi connectivity index (χ1) is 16.9. The third-order valence-corrected chi connectivity index (χ3v) is 6.36. The first-order valence-electron chi connectivity index (χ1n) is 11.9. The Morgan fingerprint density at radius 3 is 2.77 bits per heavy atom. The predicted molar refractivity (Wildman–Crippen MR) is 136 cm³/mol. The van der Waals surface area contributed by atoms with Gasteiger partial charge in [0.15, 0.2) is 0 Å². The molecule has 35 heavy (non-hydrogen) atoms. The smallest absolute Gasteiger partial charge is 0.410 e. The molecule has 0 radical (unpaired) electrons. The van der Waals surface area contributed by atoms with Crippen molar-refractivity contribution in [1.29, 1.82) is 0 Å². The zero-order chi connectivity index (χ0) is 24.5. The molecule has 0 saturated carbocycles. The van der Waals surface area contributed by atoms with E-state index >= 15 is 0 Å². The van der Waals surface area contributed by atoms with Gasteiger partial charge < -0.3 is 14.5 Å². The van der Waals surface area contributed by atoms with Crippen LogP contribution in [0.25, 0.3) is 33.4 Å². The summed E-state index contributed by atoms with van der Waals surface area (Å²) >= 11 is 0. The Hall–Kier alpha value is -3.78. The summed E-state index contributed by atoms with van der Waals surface area (Å²) in [6.07, 6.45) is 3.48. The summed E-state index contributed by atoms with van der Waals surface area (Å²) in [7, 11) is 5.69. The van der Waals surface area contributed by atoms with E-state index < -0.39 is 0 Å². The Morgan fingerprint density at radius 2 is 1.97 bits per heavy atom. The first-order valence-corrected chi connectivity index (χ1v) is 11.9. The van der Waals surface area contributed by atoms with Crippen LogP contribution >= 0.6 is 0 Å². The van der Waals surface area contributed by atoms with Crippen molar-refractivity contribution in [2.24, 2.45) is 0 Å². The molecule has 8 nitrogen and oxygen atoms in total. The average molecular weight is 471 g/mol. The second-order valence-corrected chi connectivity index (χ2v) is 9.29. The van der Waals surface area contributed by atoms with Crippen LogP contribution in [0.3, 0.4) is 0 Å². The lowest BCUT2D eigenvalue weighted by Gasteiger charge is -2.19. The lowest BCUT2D eigenvalue weighted by molar-refractivity contribution is 0.159. The van der Waals surface area contributed by atoms with Crippen molar-refractivity contribution in [2.45, 2.75) is 26.3 Å². The van der Waals surface area contributed by atoms with Gasteiger partial charge in [-0.15, -0.1) is 0 Å². The summed E-state index contributed by atoms with van der Waals surface area (Å²) < 4.78 is 7.74. The minimum absolute atomic E-state index is 0.385. The molecule has 1 aliphatic heterocycles. The second-order valence-electron chi connectivity index (χ2n) is 9.29. The van der Waals surface area contributed by atoms with E-state index in [0.29, 0.717) is 12.3 Å². The van der Waals surface area contributed by atoms with Crippen LogP contribution in [0.15, 0.2) is 48.7 Å². The second kappa shape index (κ2) is 9.46. The molecule has 0 atom stereocenters. The van der Waals surface area contributed by atoms with Crippen LogP contribution in [0.5, 0.6) is 5.75 Å². The SMILES string of the molecule is Cc1cccc(-c2nn3c(c2-c2ccnc4cc(OC(=O)N(C)CCN(C)C)ccc24)CCC3)n1. The highest BCUT2D eigenvalue weighted by atomic mass is 16.6. The molecule has 180 valence electrons. The summed E-state index contributed by atoms with van der Waals surface area (Å²) in [5.41, 5.74) is 6.91. The Morgan fingerprint density at radius 1 is 1.11 bits per heavy atom. The molecule has 0 bridgehead atoms. The number of rotatable bonds is 6. The third kappa shape index (κ3) is 4.61. The fraction of sp³-hybridized carbons (Fsp3) is 0.333. The zero-order valence-electron chi connectivity index (χ0n) is 20.7. The minimum atomic E-state index is -0.385. The van der Waals surface area contributed by atoms with E-state index in [1.54, 1.807) is 18.1 Å². The molecule has 0 saturated heterocycles. The summed E-state index contributed by atoms with van der Waals surface area (Å²) in [6.45, 7) is 4.26. The number of amides is 1. The highest BCUT2D eigenvalue weighted by Gasteiger charge is 2.26. The van der Waals surface area contributed by atoms with E-state index in [0.717, 1.165) is 65.0 Å². The molecular formula is C27H30N6O2. The van der Waals surface area contributed by atoms with Gasteiger partial charge >= 0.3 is 6.09 Å². The van der Waals surface area contributed by atoms with Crippen LogP contribution in [0, 0.1) is 6.92 Å². The Labute approximate surface area is 205 Å². The number of nitrogens with zero attached hydrogens (tertiary/aromatic N) is 6. The molecule has 1 amide bonds.